The number of carbonyl (C=O) groups is 2. The SMILES string of the molecule is CCc1[nH]c(C(=O)Nc2ccc(OCCN)cc2)c(C)c1C(=O)OC. The van der Waals surface area contributed by atoms with Gasteiger partial charge in [-0.3, -0.25) is 4.79 Å². The molecule has 0 unspecified atom stereocenters. The van der Waals surface area contributed by atoms with E-state index in [-0.39, 0.29) is 5.91 Å². The lowest BCUT2D eigenvalue weighted by Gasteiger charge is -2.07. The van der Waals surface area contributed by atoms with Crippen LogP contribution >= 0.6 is 0 Å². The van der Waals surface area contributed by atoms with Crippen LogP contribution < -0.4 is 15.8 Å². The van der Waals surface area contributed by atoms with E-state index in [4.69, 9.17) is 15.2 Å². The third-order valence-electron chi connectivity index (χ3n) is 3.80. The van der Waals surface area contributed by atoms with Crippen LogP contribution in [0.15, 0.2) is 24.3 Å². The number of nitrogens with one attached hydrogen (secondary N) is 2. The maximum absolute atomic E-state index is 12.5. The number of benzene rings is 1. The zero-order valence-corrected chi connectivity index (χ0v) is 14.6. The lowest BCUT2D eigenvalue weighted by Crippen LogP contribution is -2.14. The van der Waals surface area contributed by atoms with E-state index < -0.39 is 5.97 Å². The van der Waals surface area contributed by atoms with E-state index in [0.717, 1.165) is 0 Å². The van der Waals surface area contributed by atoms with E-state index in [2.05, 4.69) is 10.3 Å². The predicted molar refractivity (Wildman–Crippen MR) is 95.2 cm³/mol. The summed E-state index contributed by atoms with van der Waals surface area (Å²) in [5, 5.41) is 2.80. The fraction of sp³-hybridized carbons (Fsp3) is 0.333. The minimum absolute atomic E-state index is 0.321. The number of carbonyl (C=O) groups excluding carboxylic acids is 2. The van der Waals surface area contributed by atoms with Gasteiger partial charge in [0.15, 0.2) is 0 Å². The van der Waals surface area contributed by atoms with Crippen LogP contribution in [-0.4, -0.2) is 37.1 Å². The zero-order chi connectivity index (χ0) is 18.4. The zero-order valence-electron chi connectivity index (χ0n) is 14.6. The van der Waals surface area contributed by atoms with Crippen LogP contribution in [0.1, 0.15) is 39.0 Å². The van der Waals surface area contributed by atoms with Gasteiger partial charge >= 0.3 is 5.97 Å². The first-order valence-corrected chi connectivity index (χ1v) is 8.05. The van der Waals surface area contributed by atoms with Gasteiger partial charge in [0.05, 0.1) is 12.7 Å². The van der Waals surface area contributed by atoms with Gasteiger partial charge in [0.25, 0.3) is 5.91 Å². The lowest BCUT2D eigenvalue weighted by atomic mass is 10.1. The number of aryl methyl sites for hydroxylation is 1. The van der Waals surface area contributed by atoms with Crippen LogP contribution in [0.4, 0.5) is 5.69 Å². The van der Waals surface area contributed by atoms with E-state index in [1.54, 1.807) is 31.2 Å². The summed E-state index contributed by atoms with van der Waals surface area (Å²) in [6.45, 7) is 4.50. The number of anilines is 1. The fourth-order valence-electron chi connectivity index (χ4n) is 2.53. The minimum Gasteiger partial charge on any atom is -0.492 e. The second-order valence-electron chi connectivity index (χ2n) is 5.44. The number of esters is 1. The Morgan fingerprint density at radius 3 is 2.48 bits per heavy atom. The molecule has 2 rings (SSSR count). The Morgan fingerprint density at radius 1 is 1.24 bits per heavy atom. The average molecular weight is 345 g/mol. The van der Waals surface area contributed by atoms with Gasteiger partial charge in [-0.15, -0.1) is 0 Å². The van der Waals surface area contributed by atoms with E-state index in [1.165, 1.54) is 7.11 Å². The monoisotopic (exact) mass is 345 g/mol. The number of H-pyrrole nitrogens is 1. The molecule has 25 heavy (non-hydrogen) atoms. The number of aromatic nitrogens is 1. The van der Waals surface area contributed by atoms with Crippen molar-refractivity contribution in [3.8, 4) is 5.75 Å². The van der Waals surface area contributed by atoms with Crippen LogP contribution in [0.3, 0.4) is 0 Å². The van der Waals surface area contributed by atoms with Crippen molar-refractivity contribution in [2.75, 3.05) is 25.6 Å². The van der Waals surface area contributed by atoms with Crippen molar-refractivity contribution < 1.29 is 19.1 Å². The highest BCUT2D eigenvalue weighted by Crippen LogP contribution is 2.22. The predicted octanol–water partition coefficient (Wildman–Crippen LogP) is 2.26. The van der Waals surface area contributed by atoms with Gasteiger partial charge in [-0.05, 0) is 43.2 Å². The van der Waals surface area contributed by atoms with Gasteiger partial charge in [0.2, 0.25) is 0 Å². The van der Waals surface area contributed by atoms with Crippen LogP contribution in [-0.2, 0) is 11.2 Å². The molecule has 7 heteroatoms. The molecule has 134 valence electrons. The minimum atomic E-state index is -0.453. The maximum Gasteiger partial charge on any atom is 0.339 e. The molecule has 0 aliphatic rings. The first-order chi connectivity index (χ1) is 12.0. The number of methoxy groups -OCH3 is 1. The maximum atomic E-state index is 12.5. The molecule has 1 aromatic carbocycles. The quantitative estimate of drug-likeness (QED) is 0.667. The number of ether oxygens (including phenoxy) is 2. The first-order valence-electron chi connectivity index (χ1n) is 8.05. The topological polar surface area (TPSA) is 106 Å². The van der Waals surface area contributed by atoms with Crippen molar-refractivity contribution in [2.45, 2.75) is 20.3 Å². The third-order valence-corrected chi connectivity index (χ3v) is 3.80. The summed E-state index contributed by atoms with van der Waals surface area (Å²) < 4.78 is 10.2. The second kappa shape index (κ2) is 8.34. The number of hydrogen-bond donors (Lipinski definition) is 3. The highest BCUT2D eigenvalue weighted by molar-refractivity contribution is 6.06. The average Bonchev–Trinajstić information content (AvgIpc) is 2.97. The van der Waals surface area contributed by atoms with Gasteiger partial charge in [-0.2, -0.15) is 0 Å². The molecule has 1 amide bonds. The molecule has 4 N–H and O–H groups in total. The molecule has 0 atom stereocenters. The summed E-state index contributed by atoms with van der Waals surface area (Å²) in [6.07, 6.45) is 0.589. The summed E-state index contributed by atoms with van der Waals surface area (Å²) in [5.74, 6) is -0.0928. The fourth-order valence-corrected chi connectivity index (χ4v) is 2.53. The molecule has 0 fully saturated rings. The van der Waals surface area contributed by atoms with Gasteiger partial charge in [-0.25, -0.2) is 4.79 Å². The molecule has 0 aliphatic carbocycles. The van der Waals surface area contributed by atoms with Crippen molar-refractivity contribution in [3.63, 3.8) is 0 Å². The molecule has 0 radical (unpaired) electrons. The van der Waals surface area contributed by atoms with E-state index in [0.29, 0.717) is 53.5 Å². The summed E-state index contributed by atoms with van der Waals surface area (Å²) in [7, 11) is 1.32. The lowest BCUT2D eigenvalue weighted by molar-refractivity contribution is 0.0599. The van der Waals surface area contributed by atoms with Gasteiger partial charge in [0, 0.05) is 17.9 Å². The van der Waals surface area contributed by atoms with Gasteiger partial charge < -0.3 is 25.5 Å². The first kappa shape index (κ1) is 18.5. The van der Waals surface area contributed by atoms with Gasteiger partial charge in [0.1, 0.15) is 18.1 Å². The van der Waals surface area contributed by atoms with Gasteiger partial charge in [-0.1, -0.05) is 6.92 Å². The summed E-state index contributed by atoms with van der Waals surface area (Å²) in [6, 6.07) is 6.99. The molecule has 0 saturated heterocycles. The molecule has 0 bridgehead atoms. The van der Waals surface area contributed by atoms with Crippen LogP contribution in [0, 0.1) is 6.92 Å². The Morgan fingerprint density at radius 2 is 1.92 bits per heavy atom. The Hall–Kier alpha value is -2.80. The number of hydrogen-bond acceptors (Lipinski definition) is 5. The molecule has 1 aromatic heterocycles. The number of nitrogens with two attached hydrogens (primary N) is 1. The van der Waals surface area contributed by atoms with Crippen molar-refractivity contribution in [3.05, 3.63) is 46.8 Å². The molecule has 1 heterocycles. The number of amides is 1. The molecular formula is C18H23N3O4. The molecular weight excluding hydrogens is 322 g/mol. The number of rotatable bonds is 7. The van der Waals surface area contributed by atoms with Crippen molar-refractivity contribution in [1.82, 2.24) is 4.98 Å². The second-order valence-corrected chi connectivity index (χ2v) is 5.44. The van der Waals surface area contributed by atoms with Crippen molar-refractivity contribution >= 4 is 17.6 Å². The van der Waals surface area contributed by atoms with Crippen molar-refractivity contribution in [1.29, 1.82) is 0 Å². The van der Waals surface area contributed by atoms with Crippen molar-refractivity contribution in [2.24, 2.45) is 5.73 Å². The highest BCUT2D eigenvalue weighted by Gasteiger charge is 2.23. The molecule has 2 aromatic rings. The standard InChI is InChI=1S/C18H23N3O4/c1-4-14-15(18(23)24-3)11(2)16(21-14)17(22)20-12-5-7-13(8-6-12)25-10-9-19/h5-8,21H,4,9-10,19H2,1-3H3,(H,20,22). The smallest absolute Gasteiger partial charge is 0.339 e. The largest absolute Gasteiger partial charge is 0.492 e. The third kappa shape index (κ3) is 4.19. The highest BCUT2D eigenvalue weighted by atomic mass is 16.5. The van der Waals surface area contributed by atoms with Crippen LogP contribution in [0.25, 0.3) is 0 Å². The molecule has 0 spiro atoms. The van der Waals surface area contributed by atoms with E-state index in [1.807, 2.05) is 6.92 Å². The Balaban J connectivity index is 2.18. The van der Waals surface area contributed by atoms with Crippen LogP contribution in [0.5, 0.6) is 5.75 Å². The summed E-state index contributed by atoms with van der Waals surface area (Å²) >= 11 is 0. The molecule has 7 nitrogen and oxygen atoms in total. The summed E-state index contributed by atoms with van der Waals surface area (Å²) in [5.41, 5.74) is 8.03. The number of aromatic amines is 1. The normalized spacial score (nSPS) is 10.4. The van der Waals surface area contributed by atoms with Crippen LogP contribution in [0.2, 0.25) is 0 Å². The Kier molecular flexibility index (Phi) is 6.19. The summed E-state index contributed by atoms with van der Waals surface area (Å²) in [4.78, 5) is 27.5. The Bertz CT molecular complexity index is 750. The Labute approximate surface area is 146 Å². The van der Waals surface area contributed by atoms with E-state index >= 15 is 0 Å². The molecule has 0 saturated carbocycles. The molecule has 0 aliphatic heterocycles. The van der Waals surface area contributed by atoms with E-state index in [9.17, 15) is 9.59 Å².